The quantitative estimate of drug-likeness (QED) is 0.545. The number of hydrogen-bond donors (Lipinski definition) is 2. The van der Waals surface area contributed by atoms with Crippen molar-refractivity contribution in [3.63, 3.8) is 0 Å². The first kappa shape index (κ1) is 23.5. The standard InChI is InChI=1S/C23H33N7O2S/c1-16(2)20-15-25-30-22(26-18-5-7-19(8-6-18)33(31,32)28(3)4)13-21(27-23(20)30)29-11-9-17(14-24)10-12-29/h5-8,13,15-17,26H,9-12,14,24H2,1-4H3. The molecule has 2 aromatic heterocycles. The number of fused-ring (bicyclic) bond motifs is 1. The van der Waals surface area contributed by atoms with Crippen LogP contribution in [0.4, 0.5) is 17.3 Å². The van der Waals surface area contributed by atoms with Crippen LogP contribution in [-0.4, -0.2) is 61.1 Å². The number of nitrogens with two attached hydrogens (primary N) is 1. The van der Waals surface area contributed by atoms with Gasteiger partial charge < -0.3 is 16.0 Å². The number of rotatable bonds is 7. The lowest BCUT2D eigenvalue weighted by atomic mass is 9.97. The molecule has 0 atom stereocenters. The number of nitrogens with one attached hydrogen (secondary N) is 1. The number of hydrogen-bond acceptors (Lipinski definition) is 7. The van der Waals surface area contributed by atoms with Gasteiger partial charge in [0.15, 0.2) is 5.65 Å². The van der Waals surface area contributed by atoms with E-state index in [1.54, 1.807) is 24.3 Å². The Labute approximate surface area is 195 Å². The molecule has 1 aliphatic heterocycles. The molecular weight excluding hydrogens is 438 g/mol. The number of anilines is 3. The monoisotopic (exact) mass is 471 g/mol. The lowest BCUT2D eigenvalue weighted by molar-refractivity contribution is 0.413. The van der Waals surface area contributed by atoms with E-state index in [0.717, 1.165) is 61.0 Å². The van der Waals surface area contributed by atoms with Crippen LogP contribution in [0.15, 0.2) is 41.4 Å². The zero-order valence-corrected chi connectivity index (χ0v) is 20.5. The van der Waals surface area contributed by atoms with Crippen LogP contribution in [0.3, 0.4) is 0 Å². The van der Waals surface area contributed by atoms with Gasteiger partial charge in [0.05, 0.1) is 11.1 Å². The van der Waals surface area contributed by atoms with Gasteiger partial charge in [0.2, 0.25) is 10.0 Å². The van der Waals surface area contributed by atoms with Crippen LogP contribution >= 0.6 is 0 Å². The molecule has 10 heteroatoms. The van der Waals surface area contributed by atoms with E-state index in [4.69, 9.17) is 10.7 Å². The van der Waals surface area contributed by atoms with E-state index in [2.05, 4.69) is 29.2 Å². The van der Waals surface area contributed by atoms with Crippen molar-refractivity contribution in [3.8, 4) is 0 Å². The fourth-order valence-electron chi connectivity index (χ4n) is 4.09. The third kappa shape index (κ3) is 4.68. The molecule has 3 N–H and O–H groups in total. The minimum atomic E-state index is -3.47. The maximum absolute atomic E-state index is 12.4. The average Bonchev–Trinajstić information content (AvgIpc) is 3.24. The molecule has 1 aliphatic rings. The lowest BCUT2D eigenvalue weighted by Gasteiger charge is -2.32. The van der Waals surface area contributed by atoms with Crippen molar-refractivity contribution in [3.05, 3.63) is 42.1 Å². The summed E-state index contributed by atoms with van der Waals surface area (Å²) in [6, 6.07) is 8.76. The van der Waals surface area contributed by atoms with Gasteiger partial charge in [-0.05, 0) is 55.5 Å². The van der Waals surface area contributed by atoms with Gasteiger partial charge in [-0.15, -0.1) is 0 Å². The molecular formula is C23H33N7O2S. The molecule has 9 nitrogen and oxygen atoms in total. The molecule has 0 amide bonds. The van der Waals surface area contributed by atoms with Crippen molar-refractivity contribution < 1.29 is 8.42 Å². The molecule has 178 valence electrons. The highest BCUT2D eigenvalue weighted by molar-refractivity contribution is 7.89. The molecule has 1 aromatic carbocycles. The molecule has 3 heterocycles. The largest absolute Gasteiger partial charge is 0.356 e. The summed E-state index contributed by atoms with van der Waals surface area (Å²) in [7, 11) is -0.423. The predicted molar refractivity (Wildman–Crippen MR) is 132 cm³/mol. The number of benzene rings is 1. The van der Waals surface area contributed by atoms with Crippen LogP contribution in [0.1, 0.15) is 38.2 Å². The Hall–Kier alpha value is -2.69. The summed E-state index contributed by atoms with van der Waals surface area (Å²) in [6.07, 6.45) is 3.99. The first-order chi connectivity index (χ1) is 15.7. The van der Waals surface area contributed by atoms with Crippen molar-refractivity contribution >= 4 is 33.0 Å². The minimum absolute atomic E-state index is 0.252. The van der Waals surface area contributed by atoms with E-state index in [1.807, 2.05) is 16.8 Å². The van der Waals surface area contributed by atoms with Crippen LogP contribution < -0.4 is 16.0 Å². The van der Waals surface area contributed by atoms with E-state index in [-0.39, 0.29) is 10.8 Å². The van der Waals surface area contributed by atoms with Gasteiger partial charge in [0.1, 0.15) is 11.6 Å². The summed E-state index contributed by atoms with van der Waals surface area (Å²) in [4.78, 5) is 7.53. The molecule has 0 unspecified atom stereocenters. The Morgan fingerprint density at radius 2 is 1.85 bits per heavy atom. The molecule has 3 aromatic rings. The molecule has 1 fully saturated rings. The van der Waals surface area contributed by atoms with Gasteiger partial charge in [-0.1, -0.05) is 13.8 Å². The van der Waals surface area contributed by atoms with Crippen molar-refractivity contribution in [1.29, 1.82) is 0 Å². The SMILES string of the molecule is CC(C)c1cnn2c(Nc3ccc(S(=O)(=O)N(C)C)cc3)cc(N3CCC(CN)CC3)nc12. The molecule has 0 bridgehead atoms. The first-order valence-corrected chi connectivity index (χ1v) is 12.8. The average molecular weight is 472 g/mol. The summed E-state index contributed by atoms with van der Waals surface area (Å²) >= 11 is 0. The number of nitrogens with zero attached hydrogens (tertiary/aromatic N) is 5. The Morgan fingerprint density at radius 3 is 2.42 bits per heavy atom. The second-order valence-electron chi connectivity index (χ2n) is 9.09. The Morgan fingerprint density at radius 1 is 1.18 bits per heavy atom. The summed E-state index contributed by atoms with van der Waals surface area (Å²) in [6.45, 7) is 6.84. The molecule has 0 aliphatic carbocycles. The molecule has 0 saturated carbocycles. The number of sulfonamides is 1. The van der Waals surface area contributed by atoms with E-state index in [9.17, 15) is 8.42 Å². The Bertz CT molecular complexity index is 1210. The van der Waals surface area contributed by atoms with Gasteiger partial charge in [0, 0.05) is 44.5 Å². The first-order valence-electron chi connectivity index (χ1n) is 11.3. The van der Waals surface area contributed by atoms with Crippen LogP contribution in [0.2, 0.25) is 0 Å². The van der Waals surface area contributed by atoms with Crippen molar-refractivity contribution in [2.24, 2.45) is 11.7 Å². The molecule has 0 radical (unpaired) electrons. The summed E-state index contributed by atoms with van der Waals surface area (Å²) < 4.78 is 27.8. The molecule has 0 spiro atoms. The third-order valence-electron chi connectivity index (χ3n) is 6.28. The fourth-order valence-corrected chi connectivity index (χ4v) is 4.99. The van der Waals surface area contributed by atoms with Crippen LogP contribution in [0, 0.1) is 5.92 Å². The molecule has 33 heavy (non-hydrogen) atoms. The van der Waals surface area contributed by atoms with Crippen molar-refractivity contribution in [2.75, 3.05) is 43.9 Å². The summed E-state index contributed by atoms with van der Waals surface area (Å²) in [5.74, 6) is 2.55. The predicted octanol–water partition coefficient (Wildman–Crippen LogP) is 3.02. The van der Waals surface area contributed by atoms with Gasteiger partial charge in [-0.3, -0.25) is 0 Å². The van der Waals surface area contributed by atoms with Crippen LogP contribution in [-0.2, 0) is 10.0 Å². The summed E-state index contributed by atoms with van der Waals surface area (Å²) in [5, 5.41) is 7.99. The topological polar surface area (TPSA) is 109 Å². The molecule has 4 rings (SSSR count). The maximum atomic E-state index is 12.4. The highest BCUT2D eigenvalue weighted by Crippen LogP contribution is 2.29. The van der Waals surface area contributed by atoms with E-state index >= 15 is 0 Å². The maximum Gasteiger partial charge on any atom is 0.242 e. The third-order valence-corrected chi connectivity index (χ3v) is 8.11. The van der Waals surface area contributed by atoms with E-state index in [0.29, 0.717) is 5.92 Å². The number of piperidine rings is 1. The van der Waals surface area contributed by atoms with Crippen LogP contribution in [0.25, 0.3) is 5.65 Å². The minimum Gasteiger partial charge on any atom is -0.356 e. The van der Waals surface area contributed by atoms with Gasteiger partial charge in [-0.25, -0.2) is 17.7 Å². The highest BCUT2D eigenvalue weighted by atomic mass is 32.2. The normalized spacial score (nSPS) is 15.7. The second kappa shape index (κ2) is 9.28. The zero-order chi connectivity index (χ0) is 23.8. The van der Waals surface area contributed by atoms with Gasteiger partial charge >= 0.3 is 0 Å². The Kier molecular flexibility index (Phi) is 6.60. The van der Waals surface area contributed by atoms with Crippen molar-refractivity contribution in [2.45, 2.75) is 37.5 Å². The van der Waals surface area contributed by atoms with Gasteiger partial charge in [-0.2, -0.15) is 9.61 Å². The second-order valence-corrected chi connectivity index (χ2v) is 11.2. The lowest BCUT2D eigenvalue weighted by Crippen LogP contribution is -2.36. The van der Waals surface area contributed by atoms with Gasteiger partial charge in [0.25, 0.3) is 0 Å². The zero-order valence-electron chi connectivity index (χ0n) is 19.7. The fraction of sp³-hybridized carbons (Fsp3) is 0.478. The van der Waals surface area contributed by atoms with Crippen LogP contribution in [0.5, 0.6) is 0 Å². The van der Waals surface area contributed by atoms with E-state index in [1.165, 1.54) is 18.4 Å². The summed E-state index contributed by atoms with van der Waals surface area (Å²) in [5.41, 5.74) is 8.56. The highest BCUT2D eigenvalue weighted by Gasteiger charge is 2.22. The Balaban J connectivity index is 1.69. The van der Waals surface area contributed by atoms with E-state index < -0.39 is 10.0 Å². The molecule has 1 saturated heterocycles. The number of aromatic nitrogens is 3. The van der Waals surface area contributed by atoms with Crippen molar-refractivity contribution in [1.82, 2.24) is 18.9 Å². The smallest absolute Gasteiger partial charge is 0.242 e.